The first kappa shape index (κ1) is 19.9. The van der Waals surface area contributed by atoms with Crippen molar-refractivity contribution >= 4 is 62.2 Å². The number of amides is 1. The third-order valence-electron chi connectivity index (χ3n) is 4.58. The Hall–Kier alpha value is -2.43. The minimum absolute atomic E-state index is 0.00680. The first-order chi connectivity index (χ1) is 13.9. The number of aromatic amines is 1. The van der Waals surface area contributed by atoms with Gasteiger partial charge in [0.2, 0.25) is 5.91 Å². The molecule has 2 aromatic heterocycles. The maximum absolute atomic E-state index is 12.5. The van der Waals surface area contributed by atoms with Crippen LogP contribution in [0, 0.1) is 10.1 Å². The molecular formula is C18H15ClN4O4S2. The van der Waals surface area contributed by atoms with E-state index < -0.39 is 4.92 Å². The zero-order valence-corrected chi connectivity index (χ0v) is 17.4. The molecule has 11 heteroatoms. The Labute approximate surface area is 177 Å². The number of nitrogens with zero attached hydrogens (tertiary/aromatic N) is 2. The van der Waals surface area contributed by atoms with Crippen molar-refractivity contribution < 1.29 is 9.72 Å². The minimum atomic E-state index is -0.562. The first-order valence-electron chi connectivity index (χ1n) is 8.83. The third-order valence-corrected chi connectivity index (χ3v) is 6.95. The Balaban J connectivity index is 1.46. The van der Waals surface area contributed by atoms with E-state index in [0.29, 0.717) is 15.4 Å². The van der Waals surface area contributed by atoms with Crippen LogP contribution in [-0.4, -0.2) is 26.6 Å². The zero-order valence-electron chi connectivity index (χ0n) is 15.0. The number of nitro groups is 1. The van der Waals surface area contributed by atoms with Gasteiger partial charge >= 0.3 is 0 Å². The van der Waals surface area contributed by atoms with Gasteiger partial charge in [0.15, 0.2) is 5.16 Å². The number of aryl methyl sites for hydroxylation is 2. The highest BCUT2D eigenvalue weighted by Crippen LogP contribution is 2.34. The molecule has 4 rings (SSSR count). The van der Waals surface area contributed by atoms with Gasteiger partial charge < -0.3 is 10.3 Å². The molecule has 0 spiro atoms. The highest BCUT2D eigenvalue weighted by Gasteiger charge is 2.20. The standard InChI is InChI=1S/C18H15ClN4O4S2/c19-11-7-9(23(26)27)5-6-12(11)20-14(24)8-28-18-21-16(25)15-10-3-1-2-4-13(10)29-17(15)22-18/h5-7H,1-4,8H2,(H,20,24)(H,21,22,25). The molecule has 2 heterocycles. The Morgan fingerprint density at radius 1 is 1.38 bits per heavy atom. The average molecular weight is 451 g/mol. The summed E-state index contributed by atoms with van der Waals surface area (Å²) in [6, 6.07) is 3.82. The van der Waals surface area contributed by atoms with E-state index in [9.17, 15) is 19.7 Å². The van der Waals surface area contributed by atoms with Crippen LogP contribution in [0.1, 0.15) is 23.3 Å². The smallest absolute Gasteiger partial charge is 0.271 e. The fourth-order valence-electron chi connectivity index (χ4n) is 3.25. The van der Waals surface area contributed by atoms with E-state index in [1.165, 1.54) is 23.1 Å². The highest BCUT2D eigenvalue weighted by atomic mass is 35.5. The largest absolute Gasteiger partial charge is 0.324 e. The van der Waals surface area contributed by atoms with Crippen molar-refractivity contribution in [3.05, 3.63) is 54.1 Å². The number of aromatic nitrogens is 2. The Kier molecular flexibility index (Phi) is 5.57. The fraction of sp³-hybridized carbons (Fsp3) is 0.278. The molecule has 0 radical (unpaired) electrons. The van der Waals surface area contributed by atoms with Crippen LogP contribution in [0.4, 0.5) is 11.4 Å². The zero-order chi connectivity index (χ0) is 20.5. The van der Waals surface area contributed by atoms with Crippen molar-refractivity contribution in [1.29, 1.82) is 0 Å². The number of halogens is 1. The predicted molar refractivity (Wildman–Crippen MR) is 114 cm³/mol. The molecule has 0 saturated heterocycles. The molecule has 0 saturated carbocycles. The number of H-pyrrole nitrogens is 1. The highest BCUT2D eigenvalue weighted by molar-refractivity contribution is 7.99. The van der Waals surface area contributed by atoms with Crippen molar-refractivity contribution in [2.24, 2.45) is 0 Å². The normalized spacial score (nSPS) is 13.3. The number of fused-ring (bicyclic) bond motifs is 3. The van der Waals surface area contributed by atoms with Gasteiger partial charge in [-0.1, -0.05) is 23.4 Å². The maximum Gasteiger partial charge on any atom is 0.271 e. The molecule has 0 unspecified atom stereocenters. The summed E-state index contributed by atoms with van der Waals surface area (Å²) in [5, 5.41) is 14.5. The van der Waals surface area contributed by atoms with Gasteiger partial charge in [0.05, 0.1) is 26.8 Å². The third kappa shape index (κ3) is 4.14. The lowest BCUT2D eigenvalue weighted by molar-refractivity contribution is -0.384. The molecule has 150 valence electrons. The van der Waals surface area contributed by atoms with Gasteiger partial charge in [-0.15, -0.1) is 11.3 Å². The molecule has 29 heavy (non-hydrogen) atoms. The summed E-state index contributed by atoms with van der Waals surface area (Å²) in [5.74, 6) is -0.355. The van der Waals surface area contributed by atoms with E-state index >= 15 is 0 Å². The van der Waals surface area contributed by atoms with Gasteiger partial charge in [0, 0.05) is 17.0 Å². The van der Waals surface area contributed by atoms with Crippen LogP contribution < -0.4 is 10.9 Å². The van der Waals surface area contributed by atoms with Gasteiger partial charge in [0.1, 0.15) is 4.83 Å². The molecule has 8 nitrogen and oxygen atoms in total. The summed E-state index contributed by atoms with van der Waals surface area (Å²) >= 11 is 8.65. The lowest BCUT2D eigenvalue weighted by Crippen LogP contribution is -2.16. The van der Waals surface area contributed by atoms with Crippen LogP contribution in [-0.2, 0) is 17.6 Å². The lowest BCUT2D eigenvalue weighted by atomic mass is 9.97. The van der Waals surface area contributed by atoms with Crippen molar-refractivity contribution in [2.75, 3.05) is 11.1 Å². The molecule has 0 atom stereocenters. The van der Waals surface area contributed by atoms with Gasteiger partial charge in [-0.05, 0) is 37.3 Å². The number of non-ortho nitro benzene ring substituents is 1. The minimum Gasteiger partial charge on any atom is -0.324 e. The van der Waals surface area contributed by atoms with Crippen LogP contribution in [0.2, 0.25) is 5.02 Å². The van der Waals surface area contributed by atoms with E-state index in [4.69, 9.17) is 11.6 Å². The number of rotatable bonds is 5. The van der Waals surface area contributed by atoms with Gasteiger partial charge in [-0.2, -0.15) is 0 Å². The van der Waals surface area contributed by atoms with Crippen molar-refractivity contribution in [3.8, 4) is 0 Å². The van der Waals surface area contributed by atoms with Gasteiger partial charge in [-0.25, -0.2) is 4.98 Å². The monoisotopic (exact) mass is 450 g/mol. The molecule has 0 aliphatic heterocycles. The second-order valence-electron chi connectivity index (χ2n) is 6.52. The molecule has 1 amide bonds. The summed E-state index contributed by atoms with van der Waals surface area (Å²) < 4.78 is 0. The quantitative estimate of drug-likeness (QED) is 0.261. The lowest BCUT2D eigenvalue weighted by Gasteiger charge is -2.09. The maximum atomic E-state index is 12.5. The van der Waals surface area contributed by atoms with Crippen molar-refractivity contribution in [3.63, 3.8) is 0 Å². The molecule has 1 aromatic carbocycles. The second-order valence-corrected chi connectivity index (χ2v) is 8.98. The number of nitrogens with one attached hydrogen (secondary N) is 2. The predicted octanol–water partition coefficient (Wildman–Crippen LogP) is 4.16. The topological polar surface area (TPSA) is 118 Å². The number of anilines is 1. The number of carbonyl (C=O) groups excluding carboxylic acids is 1. The van der Waals surface area contributed by atoms with Crippen LogP contribution in [0.25, 0.3) is 10.2 Å². The molecule has 2 N–H and O–H groups in total. The number of benzene rings is 1. The van der Waals surface area contributed by atoms with Crippen molar-refractivity contribution in [1.82, 2.24) is 9.97 Å². The number of hydrogen-bond acceptors (Lipinski definition) is 7. The average Bonchev–Trinajstić information content (AvgIpc) is 3.06. The van der Waals surface area contributed by atoms with Crippen LogP contribution in [0.15, 0.2) is 28.2 Å². The SMILES string of the molecule is O=C(CSc1nc2sc3c(c2c(=O)[nH]1)CCCC3)Nc1ccc([N+](=O)[O-])cc1Cl. The van der Waals surface area contributed by atoms with E-state index in [0.717, 1.165) is 43.0 Å². The van der Waals surface area contributed by atoms with E-state index in [1.54, 1.807) is 11.3 Å². The van der Waals surface area contributed by atoms with Crippen molar-refractivity contribution in [2.45, 2.75) is 30.8 Å². The summed E-state index contributed by atoms with van der Waals surface area (Å²) in [4.78, 5) is 44.2. The molecule has 3 aromatic rings. The summed E-state index contributed by atoms with van der Waals surface area (Å²) in [6.45, 7) is 0. The van der Waals surface area contributed by atoms with Gasteiger partial charge in [0.25, 0.3) is 11.2 Å². The van der Waals surface area contributed by atoms with E-state index in [1.807, 2.05) is 0 Å². The number of nitro benzene ring substituents is 1. The van der Waals surface area contributed by atoms with E-state index in [2.05, 4.69) is 15.3 Å². The number of carbonyl (C=O) groups is 1. The number of thiophene rings is 1. The number of thioether (sulfide) groups is 1. The summed E-state index contributed by atoms with van der Waals surface area (Å²) in [7, 11) is 0. The Morgan fingerprint density at radius 3 is 2.93 bits per heavy atom. The second kappa shape index (κ2) is 8.13. The van der Waals surface area contributed by atoms with E-state index in [-0.39, 0.29) is 33.6 Å². The van der Waals surface area contributed by atoms with Crippen LogP contribution in [0.5, 0.6) is 0 Å². The molecule has 0 fully saturated rings. The Bertz CT molecular complexity index is 1190. The first-order valence-corrected chi connectivity index (χ1v) is 11.0. The summed E-state index contributed by atoms with van der Waals surface area (Å²) in [6.07, 6.45) is 4.10. The molecule has 0 bridgehead atoms. The molecule has 1 aliphatic carbocycles. The number of hydrogen-bond donors (Lipinski definition) is 2. The molecular weight excluding hydrogens is 436 g/mol. The Morgan fingerprint density at radius 2 is 2.17 bits per heavy atom. The fourth-order valence-corrected chi connectivity index (χ4v) is 5.45. The van der Waals surface area contributed by atoms with Gasteiger partial charge in [-0.3, -0.25) is 19.7 Å². The van der Waals surface area contributed by atoms with Crippen LogP contribution in [0.3, 0.4) is 0 Å². The summed E-state index contributed by atoms with van der Waals surface area (Å²) in [5.41, 5.74) is 1.07. The molecule has 1 aliphatic rings. The van der Waals surface area contributed by atoms with Crippen LogP contribution >= 0.6 is 34.7 Å².